The van der Waals surface area contributed by atoms with Gasteiger partial charge in [0.1, 0.15) is 0 Å². The minimum absolute atomic E-state index is 0.235. The lowest BCUT2D eigenvalue weighted by Crippen LogP contribution is -1.93. The van der Waals surface area contributed by atoms with Crippen molar-refractivity contribution in [1.29, 1.82) is 0 Å². The number of carbonyl (C=O) groups is 1. The molecule has 272 valence electrons. The molecule has 0 amide bonds. The first-order chi connectivity index (χ1) is 22.8. The van der Waals surface area contributed by atoms with Gasteiger partial charge in [0.2, 0.25) is 0 Å². The summed E-state index contributed by atoms with van der Waals surface area (Å²) >= 11 is 0. The van der Waals surface area contributed by atoms with E-state index in [2.05, 4.69) is 13.8 Å². The number of unbranched alkanes of at least 4 members (excludes halogenated alkanes) is 35. The SMILES string of the molecule is CCCCCCCCCCCCCCCCCCCC=CC(=O)OC=CCCCCCCCCCCCCCCCCCCCC. The van der Waals surface area contributed by atoms with Crippen LogP contribution in [-0.2, 0) is 9.53 Å². The van der Waals surface area contributed by atoms with Crippen molar-refractivity contribution in [1.82, 2.24) is 0 Å². The van der Waals surface area contributed by atoms with Gasteiger partial charge in [0.05, 0.1) is 6.26 Å². The fourth-order valence-electron chi connectivity index (χ4n) is 6.55. The van der Waals surface area contributed by atoms with Gasteiger partial charge < -0.3 is 4.74 Å². The van der Waals surface area contributed by atoms with Crippen LogP contribution in [0.25, 0.3) is 0 Å². The van der Waals surface area contributed by atoms with Gasteiger partial charge in [-0.05, 0) is 31.8 Å². The quantitative estimate of drug-likeness (QED) is 0.0288. The molecule has 0 aromatic carbocycles. The Labute approximate surface area is 290 Å². The molecule has 0 bridgehead atoms. The van der Waals surface area contributed by atoms with Gasteiger partial charge in [-0.25, -0.2) is 4.79 Å². The van der Waals surface area contributed by atoms with Crippen LogP contribution in [0.1, 0.15) is 251 Å². The van der Waals surface area contributed by atoms with Gasteiger partial charge in [0.15, 0.2) is 0 Å². The Bertz CT molecular complexity index is 621. The Kier molecular flexibility index (Phi) is 41.0. The maximum absolute atomic E-state index is 11.9. The van der Waals surface area contributed by atoms with E-state index in [4.69, 9.17) is 4.74 Å². The second-order valence-corrected chi connectivity index (χ2v) is 14.5. The highest BCUT2D eigenvalue weighted by atomic mass is 16.5. The normalized spacial score (nSPS) is 11.8. The van der Waals surface area contributed by atoms with Gasteiger partial charge in [-0.15, -0.1) is 0 Å². The van der Waals surface area contributed by atoms with Gasteiger partial charge in [-0.1, -0.05) is 232 Å². The van der Waals surface area contributed by atoms with Crippen LogP contribution in [0.15, 0.2) is 24.5 Å². The van der Waals surface area contributed by atoms with E-state index in [1.807, 2.05) is 12.2 Å². The van der Waals surface area contributed by atoms with Crippen LogP contribution in [0.3, 0.4) is 0 Å². The van der Waals surface area contributed by atoms with Gasteiger partial charge in [0, 0.05) is 6.08 Å². The number of carbonyl (C=O) groups excluding carboxylic acids is 1. The van der Waals surface area contributed by atoms with E-state index in [1.54, 1.807) is 12.3 Å². The molecule has 0 spiro atoms. The van der Waals surface area contributed by atoms with Crippen molar-refractivity contribution >= 4 is 5.97 Å². The summed E-state index contributed by atoms with van der Waals surface area (Å²) in [5.41, 5.74) is 0. The maximum atomic E-state index is 11.9. The molecule has 0 rings (SSSR count). The lowest BCUT2D eigenvalue weighted by Gasteiger charge is -2.03. The molecule has 0 atom stereocenters. The molecule has 2 nitrogen and oxygen atoms in total. The zero-order valence-electron chi connectivity index (χ0n) is 31.8. The zero-order chi connectivity index (χ0) is 33.3. The van der Waals surface area contributed by atoms with Crippen molar-refractivity contribution in [3.8, 4) is 0 Å². The summed E-state index contributed by atoms with van der Waals surface area (Å²) in [7, 11) is 0. The number of hydrogen-bond acceptors (Lipinski definition) is 2. The molecule has 0 aliphatic carbocycles. The van der Waals surface area contributed by atoms with Gasteiger partial charge in [-0.3, -0.25) is 0 Å². The number of rotatable bonds is 39. The Hall–Kier alpha value is -1.05. The molecule has 0 saturated carbocycles. The standard InChI is InChI=1S/C44H84O2/c1-3-5-7-9-11-13-15-17-19-21-23-25-27-29-31-33-35-37-39-41-43-46-44(45)42-40-38-36-34-32-30-28-26-24-22-20-18-16-14-12-10-8-6-4-2/h40-43H,3-39H2,1-2H3. The molecule has 46 heavy (non-hydrogen) atoms. The minimum Gasteiger partial charge on any atom is -0.432 e. The van der Waals surface area contributed by atoms with Crippen molar-refractivity contribution < 1.29 is 9.53 Å². The number of hydrogen-bond donors (Lipinski definition) is 0. The van der Waals surface area contributed by atoms with Crippen molar-refractivity contribution in [2.75, 3.05) is 0 Å². The summed E-state index contributed by atoms with van der Waals surface area (Å²) < 4.78 is 5.21. The van der Waals surface area contributed by atoms with E-state index in [9.17, 15) is 4.79 Å². The van der Waals surface area contributed by atoms with Crippen molar-refractivity contribution in [3.63, 3.8) is 0 Å². The lowest BCUT2D eigenvalue weighted by atomic mass is 10.0. The Morgan fingerprint density at radius 1 is 0.348 bits per heavy atom. The Morgan fingerprint density at radius 2 is 0.587 bits per heavy atom. The van der Waals surface area contributed by atoms with Crippen LogP contribution in [0.4, 0.5) is 0 Å². The molecule has 0 aliphatic rings. The number of esters is 1. The fourth-order valence-corrected chi connectivity index (χ4v) is 6.55. The summed E-state index contributed by atoms with van der Waals surface area (Å²) in [5, 5.41) is 0. The molecule has 0 saturated heterocycles. The van der Waals surface area contributed by atoms with Gasteiger partial charge in [-0.2, -0.15) is 0 Å². The van der Waals surface area contributed by atoms with Crippen LogP contribution in [-0.4, -0.2) is 5.97 Å². The molecule has 2 heteroatoms. The largest absolute Gasteiger partial charge is 0.432 e. The number of allylic oxidation sites excluding steroid dienone is 2. The van der Waals surface area contributed by atoms with E-state index in [0.29, 0.717) is 0 Å². The summed E-state index contributed by atoms with van der Waals surface area (Å²) in [5.74, 6) is -0.235. The first-order valence-corrected chi connectivity index (χ1v) is 21.3. The van der Waals surface area contributed by atoms with Crippen molar-refractivity contribution in [3.05, 3.63) is 24.5 Å². The summed E-state index contributed by atoms with van der Waals surface area (Å²) in [6, 6.07) is 0. The molecule has 0 radical (unpaired) electrons. The highest BCUT2D eigenvalue weighted by molar-refractivity contribution is 5.82. The van der Waals surface area contributed by atoms with Crippen LogP contribution in [0.2, 0.25) is 0 Å². The Morgan fingerprint density at radius 3 is 0.870 bits per heavy atom. The molecule has 0 aromatic heterocycles. The van der Waals surface area contributed by atoms with Crippen LogP contribution < -0.4 is 0 Å². The van der Waals surface area contributed by atoms with Crippen LogP contribution in [0.5, 0.6) is 0 Å². The first-order valence-electron chi connectivity index (χ1n) is 21.3. The van der Waals surface area contributed by atoms with E-state index in [1.165, 1.54) is 225 Å². The maximum Gasteiger partial charge on any atom is 0.335 e. The molecular weight excluding hydrogens is 560 g/mol. The lowest BCUT2D eigenvalue weighted by molar-refractivity contribution is -0.132. The minimum atomic E-state index is -0.235. The van der Waals surface area contributed by atoms with E-state index in [0.717, 1.165) is 12.8 Å². The van der Waals surface area contributed by atoms with Crippen molar-refractivity contribution in [2.24, 2.45) is 0 Å². The zero-order valence-corrected chi connectivity index (χ0v) is 31.8. The van der Waals surface area contributed by atoms with Crippen molar-refractivity contribution in [2.45, 2.75) is 251 Å². The summed E-state index contributed by atoms with van der Waals surface area (Å²) in [4.78, 5) is 11.9. The third-order valence-electron chi connectivity index (χ3n) is 9.73. The highest BCUT2D eigenvalue weighted by Gasteiger charge is 1.97. The van der Waals surface area contributed by atoms with Gasteiger partial charge >= 0.3 is 5.97 Å². The molecule has 0 fully saturated rings. The smallest absolute Gasteiger partial charge is 0.335 e. The Balaban J connectivity index is 3.26. The molecule has 0 aliphatic heterocycles. The highest BCUT2D eigenvalue weighted by Crippen LogP contribution is 2.16. The molecule has 0 heterocycles. The monoisotopic (exact) mass is 645 g/mol. The predicted molar refractivity (Wildman–Crippen MR) is 207 cm³/mol. The third kappa shape index (κ3) is 41.0. The second kappa shape index (κ2) is 42.0. The number of ether oxygens (including phenoxy) is 1. The van der Waals surface area contributed by atoms with E-state index in [-0.39, 0.29) is 5.97 Å². The van der Waals surface area contributed by atoms with Crippen LogP contribution >= 0.6 is 0 Å². The average Bonchev–Trinajstić information content (AvgIpc) is 3.06. The third-order valence-corrected chi connectivity index (χ3v) is 9.73. The summed E-state index contributed by atoms with van der Waals surface area (Å²) in [6.45, 7) is 4.59. The summed E-state index contributed by atoms with van der Waals surface area (Å²) in [6.07, 6.45) is 58.2. The average molecular weight is 645 g/mol. The van der Waals surface area contributed by atoms with Crippen LogP contribution in [0, 0.1) is 0 Å². The molecular formula is C44H84O2. The van der Waals surface area contributed by atoms with E-state index < -0.39 is 0 Å². The molecule has 0 aromatic rings. The fraction of sp³-hybridized carbons (Fsp3) is 0.886. The van der Waals surface area contributed by atoms with E-state index >= 15 is 0 Å². The molecule has 0 N–H and O–H groups in total. The predicted octanol–water partition coefficient (Wildman–Crippen LogP) is 16.1. The molecule has 0 unspecified atom stereocenters. The topological polar surface area (TPSA) is 26.3 Å². The first kappa shape index (κ1) is 45.0. The van der Waals surface area contributed by atoms with Gasteiger partial charge in [0.25, 0.3) is 0 Å². The second-order valence-electron chi connectivity index (χ2n) is 14.5.